The van der Waals surface area contributed by atoms with E-state index in [1.807, 2.05) is 0 Å². The average Bonchev–Trinajstić information content (AvgIpc) is 2.48. The first kappa shape index (κ1) is 15.5. The van der Waals surface area contributed by atoms with Crippen LogP contribution in [0.1, 0.15) is 55.8 Å². The van der Waals surface area contributed by atoms with E-state index in [1.54, 1.807) is 12.1 Å². The first-order valence-electron chi connectivity index (χ1n) is 7.38. The molecule has 0 heterocycles. The van der Waals surface area contributed by atoms with Crippen LogP contribution in [-0.2, 0) is 0 Å². The summed E-state index contributed by atoms with van der Waals surface area (Å²) in [4.78, 5) is 12.3. The lowest BCUT2D eigenvalue weighted by Crippen LogP contribution is -2.40. The molecule has 1 N–H and O–H groups in total. The Balaban J connectivity index is 2.06. The summed E-state index contributed by atoms with van der Waals surface area (Å²) in [6.45, 7) is 2.10. The van der Waals surface area contributed by atoms with Gasteiger partial charge in [0, 0.05) is 6.04 Å². The van der Waals surface area contributed by atoms with Crippen LogP contribution in [0.4, 0.5) is 4.39 Å². The Morgan fingerprint density at radius 2 is 2.10 bits per heavy atom. The highest BCUT2D eigenvalue weighted by Gasteiger charge is 2.24. The molecule has 20 heavy (non-hydrogen) atoms. The number of nitrogens with one attached hydrogen (secondary N) is 1. The number of amides is 1. The summed E-state index contributed by atoms with van der Waals surface area (Å²) in [7, 11) is 0. The Kier molecular flexibility index (Phi) is 5.58. The van der Waals surface area contributed by atoms with Gasteiger partial charge in [0.25, 0.3) is 5.91 Å². The van der Waals surface area contributed by atoms with Crippen molar-refractivity contribution in [2.75, 3.05) is 0 Å². The molecule has 2 rings (SSSR count). The molecule has 1 aromatic rings. The predicted molar refractivity (Wildman–Crippen MR) is 82.2 cm³/mol. The van der Waals surface area contributed by atoms with Crippen molar-refractivity contribution in [1.29, 1.82) is 0 Å². The second-order valence-corrected chi connectivity index (χ2v) is 6.28. The topological polar surface area (TPSA) is 29.1 Å². The Morgan fingerprint density at radius 1 is 1.40 bits per heavy atom. The molecule has 1 aliphatic rings. The minimum Gasteiger partial charge on any atom is -0.349 e. The standard InChI is InChI=1S/C16H21BrFNO/c1-2-14(11-7-4-3-5-8-11)19-16(20)12-9-6-10-13(18)15(12)17/h6,9-11,14H,2-5,7-8H2,1H3,(H,19,20). The summed E-state index contributed by atoms with van der Waals surface area (Å²) >= 11 is 3.15. The number of hydrogen-bond acceptors (Lipinski definition) is 1. The lowest BCUT2D eigenvalue weighted by Gasteiger charge is -2.30. The average molecular weight is 342 g/mol. The Morgan fingerprint density at radius 3 is 2.75 bits per heavy atom. The van der Waals surface area contributed by atoms with E-state index in [0.717, 1.165) is 6.42 Å². The van der Waals surface area contributed by atoms with Gasteiger partial charge in [-0.25, -0.2) is 4.39 Å². The summed E-state index contributed by atoms with van der Waals surface area (Å²) in [5.41, 5.74) is 0.374. The lowest BCUT2D eigenvalue weighted by molar-refractivity contribution is 0.0910. The molecule has 1 saturated carbocycles. The highest BCUT2D eigenvalue weighted by atomic mass is 79.9. The van der Waals surface area contributed by atoms with Gasteiger partial charge in [0.05, 0.1) is 10.0 Å². The zero-order valence-corrected chi connectivity index (χ0v) is 13.4. The third kappa shape index (κ3) is 3.60. The summed E-state index contributed by atoms with van der Waals surface area (Å²) in [6, 6.07) is 4.75. The van der Waals surface area contributed by atoms with E-state index >= 15 is 0 Å². The second-order valence-electron chi connectivity index (χ2n) is 5.49. The van der Waals surface area contributed by atoms with Crippen LogP contribution < -0.4 is 5.32 Å². The molecule has 0 aliphatic heterocycles. The Labute approximate surface area is 128 Å². The van der Waals surface area contributed by atoms with Gasteiger partial charge in [0.1, 0.15) is 5.82 Å². The van der Waals surface area contributed by atoms with Crippen LogP contribution >= 0.6 is 15.9 Å². The number of rotatable bonds is 4. The van der Waals surface area contributed by atoms with E-state index in [1.165, 1.54) is 38.2 Å². The Hall–Kier alpha value is -0.900. The van der Waals surface area contributed by atoms with Crippen molar-refractivity contribution in [3.05, 3.63) is 34.1 Å². The van der Waals surface area contributed by atoms with Crippen LogP contribution in [0, 0.1) is 11.7 Å². The molecule has 0 spiro atoms. The first-order valence-corrected chi connectivity index (χ1v) is 8.17. The van der Waals surface area contributed by atoms with Crippen molar-refractivity contribution in [1.82, 2.24) is 5.32 Å². The van der Waals surface area contributed by atoms with Gasteiger partial charge in [-0.05, 0) is 53.2 Å². The van der Waals surface area contributed by atoms with Gasteiger partial charge < -0.3 is 5.32 Å². The first-order chi connectivity index (χ1) is 9.63. The molecule has 1 atom stereocenters. The van der Waals surface area contributed by atoms with E-state index in [-0.39, 0.29) is 16.4 Å². The maximum absolute atomic E-state index is 13.5. The molecule has 1 aromatic carbocycles. The van der Waals surface area contributed by atoms with Gasteiger partial charge in [-0.2, -0.15) is 0 Å². The summed E-state index contributed by atoms with van der Waals surface area (Å²) in [5.74, 6) is -0.0257. The molecule has 4 heteroatoms. The lowest BCUT2D eigenvalue weighted by atomic mass is 9.83. The summed E-state index contributed by atoms with van der Waals surface area (Å²) in [6.07, 6.45) is 7.09. The molecule has 0 saturated heterocycles. The van der Waals surface area contributed by atoms with Crippen molar-refractivity contribution < 1.29 is 9.18 Å². The molecule has 110 valence electrons. The third-order valence-electron chi connectivity index (χ3n) is 4.17. The monoisotopic (exact) mass is 341 g/mol. The molecule has 0 radical (unpaired) electrons. The van der Waals surface area contributed by atoms with Crippen LogP contribution in [0.25, 0.3) is 0 Å². The number of carbonyl (C=O) groups excluding carboxylic acids is 1. The van der Waals surface area contributed by atoms with E-state index in [9.17, 15) is 9.18 Å². The molecular weight excluding hydrogens is 321 g/mol. The minimum absolute atomic E-state index is 0.186. The van der Waals surface area contributed by atoms with Gasteiger partial charge in [0.2, 0.25) is 0 Å². The Bertz CT molecular complexity index is 472. The van der Waals surface area contributed by atoms with E-state index in [2.05, 4.69) is 28.2 Å². The molecule has 1 unspecified atom stereocenters. The van der Waals surface area contributed by atoms with E-state index < -0.39 is 5.82 Å². The molecule has 2 nitrogen and oxygen atoms in total. The highest BCUT2D eigenvalue weighted by molar-refractivity contribution is 9.10. The number of carbonyl (C=O) groups is 1. The van der Waals surface area contributed by atoms with Crippen molar-refractivity contribution in [3.8, 4) is 0 Å². The summed E-state index contributed by atoms with van der Waals surface area (Å²) < 4.78 is 13.7. The molecule has 1 aliphatic carbocycles. The van der Waals surface area contributed by atoms with Crippen LogP contribution in [0.2, 0.25) is 0 Å². The van der Waals surface area contributed by atoms with Crippen LogP contribution in [0.5, 0.6) is 0 Å². The fourth-order valence-corrected chi connectivity index (χ4v) is 3.46. The van der Waals surface area contributed by atoms with Gasteiger partial charge in [-0.15, -0.1) is 0 Å². The van der Waals surface area contributed by atoms with Gasteiger partial charge in [-0.1, -0.05) is 32.3 Å². The normalized spacial score (nSPS) is 17.8. The van der Waals surface area contributed by atoms with Crippen molar-refractivity contribution >= 4 is 21.8 Å². The molecule has 1 amide bonds. The number of benzene rings is 1. The minimum atomic E-state index is -0.400. The zero-order chi connectivity index (χ0) is 14.5. The van der Waals surface area contributed by atoms with E-state index in [4.69, 9.17) is 0 Å². The molecular formula is C16H21BrFNO. The quantitative estimate of drug-likeness (QED) is 0.846. The fraction of sp³-hybridized carbons (Fsp3) is 0.562. The van der Waals surface area contributed by atoms with Crippen molar-refractivity contribution in [2.24, 2.45) is 5.92 Å². The maximum atomic E-state index is 13.5. The molecule has 0 aromatic heterocycles. The van der Waals surface area contributed by atoms with E-state index in [0.29, 0.717) is 11.5 Å². The molecule has 0 bridgehead atoms. The van der Waals surface area contributed by atoms with Crippen LogP contribution in [-0.4, -0.2) is 11.9 Å². The number of hydrogen-bond donors (Lipinski definition) is 1. The SMILES string of the molecule is CCC(NC(=O)c1cccc(F)c1Br)C1CCCCC1. The van der Waals surface area contributed by atoms with Crippen molar-refractivity contribution in [2.45, 2.75) is 51.5 Å². The highest BCUT2D eigenvalue weighted by Crippen LogP contribution is 2.28. The number of halogens is 2. The van der Waals surface area contributed by atoms with Crippen LogP contribution in [0.15, 0.2) is 22.7 Å². The molecule has 1 fully saturated rings. The largest absolute Gasteiger partial charge is 0.349 e. The predicted octanol–water partition coefficient (Wildman–Crippen LogP) is 4.68. The third-order valence-corrected chi connectivity index (χ3v) is 4.98. The van der Waals surface area contributed by atoms with Gasteiger partial charge in [-0.3, -0.25) is 4.79 Å². The second kappa shape index (κ2) is 7.21. The van der Waals surface area contributed by atoms with Gasteiger partial charge >= 0.3 is 0 Å². The fourth-order valence-electron chi connectivity index (χ4n) is 3.02. The summed E-state index contributed by atoms with van der Waals surface area (Å²) in [5, 5.41) is 3.09. The smallest absolute Gasteiger partial charge is 0.252 e. The van der Waals surface area contributed by atoms with Crippen molar-refractivity contribution in [3.63, 3.8) is 0 Å². The maximum Gasteiger partial charge on any atom is 0.252 e. The van der Waals surface area contributed by atoms with Crippen LogP contribution in [0.3, 0.4) is 0 Å². The zero-order valence-electron chi connectivity index (χ0n) is 11.8. The van der Waals surface area contributed by atoms with Gasteiger partial charge in [0.15, 0.2) is 0 Å².